The van der Waals surface area contributed by atoms with E-state index in [2.05, 4.69) is 81.6 Å². The van der Waals surface area contributed by atoms with Crippen LogP contribution in [0.2, 0.25) is 0 Å². The van der Waals surface area contributed by atoms with Crippen LogP contribution in [0.25, 0.3) is 11.1 Å². The normalized spacial score (nSPS) is 15.4. The molecule has 0 spiro atoms. The molecular weight excluding hydrogens is 332 g/mol. The molecule has 2 heterocycles. The van der Waals surface area contributed by atoms with Gasteiger partial charge >= 0.3 is 0 Å². The molecule has 1 aliphatic rings. The molecular formula is C23H28N4. The monoisotopic (exact) mass is 360 g/mol. The van der Waals surface area contributed by atoms with Crippen molar-refractivity contribution in [3.8, 4) is 11.1 Å². The minimum Gasteiger partial charge on any atom is -0.371 e. The number of nitrogens with one attached hydrogen (secondary N) is 1. The van der Waals surface area contributed by atoms with Gasteiger partial charge in [-0.05, 0) is 55.1 Å². The number of anilines is 1. The first kappa shape index (κ1) is 17.8. The van der Waals surface area contributed by atoms with Crippen molar-refractivity contribution in [3.05, 3.63) is 72.6 Å². The van der Waals surface area contributed by atoms with E-state index in [0.29, 0.717) is 6.04 Å². The molecule has 0 saturated carbocycles. The van der Waals surface area contributed by atoms with Gasteiger partial charge in [0.05, 0.1) is 6.20 Å². The van der Waals surface area contributed by atoms with Gasteiger partial charge in [0.1, 0.15) is 0 Å². The minimum absolute atomic E-state index is 0.672. The lowest BCUT2D eigenvalue weighted by atomic mass is 10.0. The summed E-state index contributed by atoms with van der Waals surface area (Å²) in [4.78, 5) is 5.05. The Morgan fingerprint density at radius 3 is 2.56 bits per heavy atom. The highest BCUT2D eigenvalue weighted by Gasteiger charge is 2.22. The van der Waals surface area contributed by atoms with Crippen LogP contribution >= 0.6 is 0 Å². The first-order valence-corrected chi connectivity index (χ1v) is 9.88. The molecule has 0 unspecified atom stereocenters. The van der Waals surface area contributed by atoms with E-state index in [1.54, 1.807) is 0 Å². The Balaban J connectivity index is 1.34. The number of piperidine rings is 1. The average Bonchev–Trinajstić information content (AvgIpc) is 3.27. The Hall–Kier alpha value is -2.59. The summed E-state index contributed by atoms with van der Waals surface area (Å²) >= 11 is 0. The van der Waals surface area contributed by atoms with Gasteiger partial charge in [-0.15, -0.1) is 0 Å². The van der Waals surface area contributed by atoms with Gasteiger partial charge in [0.15, 0.2) is 0 Å². The minimum atomic E-state index is 0.672. The molecule has 27 heavy (non-hydrogen) atoms. The molecule has 0 amide bonds. The van der Waals surface area contributed by atoms with Crippen LogP contribution in [0.3, 0.4) is 0 Å². The summed E-state index contributed by atoms with van der Waals surface area (Å²) in [5, 5.41) is 6.93. The summed E-state index contributed by atoms with van der Waals surface area (Å²) in [5.41, 5.74) is 5.22. The topological polar surface area (TPSA) is 35.2 Å². The average molecular weight is 361 g/mol. The molecule has 3 aromatic rings. The van der Waals surface area contributed by atoms with Gasteiger partial charge in [0.25, 0.3) is 0 Å². The molecule has 4 nitrogen and oxygen atoms in total. The van der Waals surface area contributed by atoms with Crippen LogP contribution in [0.4, 0.5) is 5.69 Å². The molecule has 1 aliphatic heterocycles. The molecule has 0 aliphatic carbocycles. The molecule has 4 heteroatoms. The predicted octanol–water partition coefficient (Wildman–Crippen LogP) is 4.22. The standard InChI is InChI=1S/C23H28N4/c1-26(13-10-19-17-24-25-18-19)22-11-14-27(15-12-22)23-9-5-8-21(16-23)20-6-3-2-4-7-20/h2-9,16-18,22H,10-15H2,1H3,(H,24,25). The zero-order valence-corrected chi connectivity index (χ0v) is 16.0. The van der Waals surface area contributed by atoms with Gasteiger partial charge in [-0.1, -0.05) is 42.5 Å². The Labute approximate surface area is 161 Å². The molecule has 1 fully saturated rings. The Morgan fingerprint density at radius 2 is 1.81 bits per heavy atom. The van der Waals surface area contributed by atoms with Gasteiger partial charge in [-0.2, -0.15) is 5.10 Å². The molecule has 140 valence electrons. The fourth-order valence-electron chi connectivity index (χ4n) is 3.98. The largest absolute Gasteiger partial charge is 0.371 e. The fraction of sp³-hybridized carbons (Fsp3) is 0.348. The van der Waals surface area contributed by atoms with Crippen molar-refractivity contribution in [2.75, 3.05) is 31.6 Å². The lowest BCUT2D eigenvalue weighted by molar-refractivity contribution is 0.210. The highest BCUT2D eigenvalue weighted by atomic mass is 15.2. The first-order valence-electron chi connectivity index (χ1n) is 9.88. The molecule has 2 aromatic carbocycles. The van der Waals surface area contributed by atoms with Gasteiger partial charge in [0, 0.05) is 37.6 Å². The molecule has 1 N–H and O–H groups in total. The Morgan fingerprint density at radius 1 is 1.04 bits per heavy atom. The van der Waals surface area contributed by atoms with E-state index in [0.717, 1.165) is 26.1 Å². The van der Waals surface area contributed by atoms with E-state index in [1.165, 1.54) is 35.2 Å². The van der Waals surface area contributed by atoms with Crippen molar-refractivity contribution in [1.82, 2.24) is 15.1 Å². The second-order valence-corrected chi connectivity index (χ2v) is 7.47. The van der Waals surface area contributed by atoms with Crippen LogP contribution < -0.4 is 4.90 Å². The molecule has 4 rings (SSSR count). The summed E-state index contributed by atoms with van der Waals surface area (Å²) < 4.78 is 0. The lowest BCUT2D eigenvalue weighted by Crippen LogP contribution is -2.44. The van der Waals surface area contributed by atoms with Crippen molar-refractivity contribution in [3.63, 3.8) is 0 Å². The van der Waals surface area contributed by atoms with Crippen LogP contribution in [-0.4, -0.2) is 47.8 Å². The lowest BCUT2D eigenvalue weighted by Gasteiger charge is -2.38. The summed E-state index contributed by atoms with van der Waals surface area (Å²) in [7, 11) is 2.26. The summed E-state index contributed by atoms with van der Waals surface area (Å²) in [5.74, 6) is 0. The second-order valence-electron chi connectivity index (χ2n) is 7.47. The van der Waals surface area contributed by atoms with Crippen molar-refractivity contribution in [2.45, 2.75) is 25.3 Å². The molecule has 0 atom stereocenters. The van der Waals surface area contributed by atoms with E-state index in [1.807, 2.05) is 12.4 Å². The van der Waals surface area contributed by atoms with Crippen LogP contribution in [0.15, 0.2) is 67.0 Å². The zero-order valence-electron chi connectivity index (χ0n) is 16.0. The number of aromatic nitrogens is 2. The first-order chi connectivity index (χ1) is 13.3. The molecule has 0 radical (unpaired) electrons. The number of aromatic amines is 1. The quantitative estimate of drug-likeness (QED) is 0.715. The number of likely N-dealkylation sites (N-methyl/N-ethyl adjacent to an activating group) is 1. The van der Waals surface area contributed by atoms with E-state index in [-0.39, 0.29) is 0 Å². The summed E-state index contributed by atoms with van der Waals surface area (Å²) in [6.07, 6.45) is 7.42. The molecule has 0 bridgehead atoms. The highest BCUT2D eigenvalue weighted by molar-refractivity contribution is 5.68. The number of rotatable bonds is 6. The number of hydrogen-bond acceptors (Lipinski definition) is 3. The van der Waals surface area contributed by atoms with Gasteiger partial charge in [-0.25, -0.2) is 0 Å². The molecule has 1 aromatic heterocycles. The Kier molecular flexibility index (Phi) is 5.54. The number of nitrogens with zero attached hydrogens (tertiary/aromatic N) is 3. The van der Waals surface area contributed by atoms with Crippen LogP contribution in [0, 0.1) is 0 Å². The van der Waals surface area contributed by atoms with Crippen molar-refractivity contribution >= 4 is 5.69 Å². The van der Waals surface area contributed by atoms with Crippen LogP contribution in [0.1, 0.15) is 18.4 Å². The maximum Gasteiger partial charge on any atom is 0.0519 e. The summed E-state index contributed by atoms with van der Waals surface area (Å²) in [6.45, 7) is 3.34. The zero-order chi connectivity index (χ0) is 18.5. The van der Waals surface area contributed by atoms with E-state index >= 15 is 0 Å². The van der Waals surface area contributed by atoms with Gasteiger partial charge < -0.3 is 9.80 Å². The molecule has 1 saturated heterocycles. The third-order valence-corrected chi connectivity index (χ3v) is 5.71. The predicted molar refractivity (Wildman–Crippen MR) is 112 cm³/mol. The van der Waals surface area contributed by atoms with Crippen molar-refractivity contribution in [2.24, 2.45) is 0 Å². The third-order valence-electron chi connectivity index (χ3n) is 5.71. The maximum atomic E-state index is 4.03. The highest BCUT2D eigenvalue weighted by Crippen LogP contribution is 2.27. The van der Waals surface area contributed by atoms with E-state index in [4.69, 9.17) is 0 Å². The van der Waals surface area contributed by atoms with Gasteiger partial charge in [0.2, 0.25) is 0 Å². The summed E-state index contributed by atoms with van der Waals surface area (Å²) in [6, 6.07) is 20.3. The second kappa shape index (κ2) is 8.40. The number of benzene rings is 2. The third kappa shape index (κ3) is 4.40. The van der Waals surface area contributed by atoms with E-state index < -0.39 is 0 Å². The fourth-order valence-corrected chi connectivity index (χ4v) is 3.98. The Bertz CT molecular complexity index is 821. The van der Waals surface area contributed by atoms with Gasteiger partial charge in [-0.3, -0.25) is 5.10 Å². The van der Waals surface area contributed by atoms with Crippen LogP contribution in [0.5, 0.6) is 0 Å². The van der Waals surface area contributed by atoms with Crippen molar-refractivity contribution < 1.29 is 0 Å². The van der Waals surface area contributed by atoms with Crippen molar-refractivity contribution in [1.29, 1.82) is 0 Å². The number of H-pyrrole nitrogens is 1. The smallest absolute Gasteiger partial charge is 0.0519 e. The number of hydrogen-bond donors (Lipinski definition) is 1. The maximum absolute atomic E-state index is 4.03. The van der Waals surface area contributed by atoms with Crippen LogP contribution in [-0.2, 0) is 6.42 Å². The van der Waals surface area contributed by atoms with E-state index in [9.17, 15) is 0 Å². The SMILES string of the molecule is CN(CCc1cn[nH]c1)C1CCN(c2cccc(-c3ccccc3)c2)CC1.